The van der Waals surface area contributed by atoms with Crippen molar-refractivity contribution in [3.8, 4) is 0 Å². The maximum atomic E-state index is 13.7. The van der Waals surface area contributed by atoms with Gasteiger partial charge in [-0.2, -0.15) is 4.39 Å². The molecule has 0 saturated carbocycles. The Morgan fingerprint density at radius 1 is 1.36 bits per heavy atom. The van der Waals surface area contributed by atoms with Crippen molar-refractivity contribution in [3.63, 3.8) is 0 Å². The highest BCUT2D eigenvalue weighted by molar-refractivity contribution is 7.44. The number of hydrogen-bond acceptors (Lipinski definition) is 8. The summed E-state index contributed by atoms with van der Waals surface area (Å²) < 4.78 is 39.8. The van der Waals surface area contributed by atoms with Gasteiger partial charge in [0.2, 0.25) is 12.4 Å². The Bertz CT molecular complexity index is 953. The van der Waals surface area contributed by atoms with E-state index in [9.17, 15) is 18.8 Å². The van der Waals surface area contributed by atoms with Crippen LogP contribution in [0, 0.1) is 12.4 Å². The summed E-state index contributed by atoms with van der Waals surface area (Å²) >= 11 is 0. The zero-order valence-electron chi connectivity index (χ0n) is 19.3. The second-order valence-electron chi connectivity index (χ2n) is 7.97. The molecule has 184 valence electrons. The monoisotopic (exact) mass is 488 g/mol. The van der Waals surface area contributed by atoms with Gasteiger partial charge in [0.15, 0.2) is 0 Å². The van der Waals surface area contributed by atoms with E-state index in [0.29, 0.717) is 0 Å². The van der Waals surface area contributed by atoms with Gasteiger partial charge in [-0.3, -0.25) is 19.1 Å². The Morgan fingerprint density at radius 3 is 2.61 bits per heavy atom. The average Bonchev–Trinajstić information content (AvgIpc) is 3.09. The van der Waals surface area contributed by atoms with Gasteiger partial charge in [-0.1, -0.05) is 0 Å². The molecule has 1 N–H and O–H groups in total. The first-order valence-electron chi connectivity index (χ1n) is 10.6. The lowest BCUT2D eigenvalue weighted by atomic mass is 10.2. The third-order valence-corrected chi connectivity index (χ3v) is 6.81. The fourth-order valence-electron chi connectivity index (χ4n) is 3.48. The number of carbonyl (C=O) groups excluding carboxylic acids is 1. The fraction of sp³-hybridized carbons (Fsp3) is 0.700. The van der Waals surface area contributed by atoms with Crippen molar-refractivity contribution in [2.75, 3.05) is 19.8 Å². The zero-order chi connectivity index (χ0) is 24.7. The van der Waals surface area contributed by atoms with E-state index in [1.165, 1.54) is 6.92 Å². The first kappa shape index (κ1) is 27.1. The van der Waals surface area contributed by atoms with Gasteiger partial charge in [0.1, 0.15) is 25.0 Å². The molecule has 0 amide bonds. The number of aromatic nitrogens is 2. The van der Waals surface area contributed by atoms with Crippen LogP contribution in [0.3, 0.4) is 0 Å². The number of nitrogens with one attached hydrogen (secondary N) is 1. The summed E-state index contributed by atoms with van der Waals surface area (Å²) in [6.07, 6.45) is -1.67. The SMILES string of the molecule is [C-]#[N+]CCOP(OCC1OC(n2cc(F)c(=O)[nH]c2=O)CC1OC(C)=O)N(C(C)C)C(C)C. The molecule has 1 aliphatic rings. The molecule has 11 nitrogen and oxygen atoms in total. The smallest absolute Gasteiger partial charge is 0.330 e. The summed E-state index contributed by atoms with van der Waals surface area (Å²) in [6.45, 7) is 16.5. The van der Waals surface area contributed by atoms with Crippen molar-refractivity contribution in [2.45, 2.75) is 71.6 Å². The van der Waals surface area contributed by atoms with Gasteiger partial charge in [0, 0.05) is 25.4 Å². The molecule has 13 heteroatoms. The summed E-state index contributed by atoms with van der Waals surface area (Å²) in [6, 6.07) is 0.182. The van der Waals surface area contributed by atoms with Crippen LogP contribution in [0.4, 0.5) is 4.39 Å². The molecular formula is C20H30FN4O7P. The Labute approximate surface area is 192 Å². The zero-order valence-corrected chi connectivity index (χ0v) is 20.2. The maximum absolute atomic E-state index is 13.7. The third kappa shape index (κ3) is 7.42. The lowest BCUT2D eigenvalue weighted by Crippen LogP contribution is -2.36. The van der Waals surface area contributed by atoms with E-state index in [-0.39, 0.29) is 38.3 Å². The van der Waals surface area contributed by atoms with Crippen LogP contribution in [0.15, 0.2) is 15.8 Å². The minimum absolute atomic E-state index is 0.0330. The van der Waals surface area contributed by atoms with Gasteiger partial charge in [0.25, 0.3) is 14.1 Å². The molecular weight excluding hydrogens is 458 g/mol. The Morgan fingerprint density at radius 2 is 2.03 bits per heavy atom. The normalized spacial score (nSPS) is 21.5. The molecule has 1 aliphatic heterocycles. The molecule has 1 fully saturated rings. The summed E-state index contributed by atoms with van der Waals surface area (Å²) in [7, 11) is -1.56. The number of H-pyrrole nitrogens is 1. The summed E-state index contributed by atoms with van der Waals surface area (Å²) in [5.74, 6) is -1.68. The first-order chi connectivity index (χ1) is 15.5. The van der Waals surface area contributed by atoms with Gasteiger partial charge in [0.05, 0.1) is 12.8 Å². The van der Waals surface area contributed by atoms with Crippen molar-refractivity contribution in [1.29, 1.82) is 0 Å². The number of nitrogens with zero attached hydrogens (tertiary/aromatic N) is 3. The number of rotatable bonds is 11. The molecule has 2 rings (SSSR count). The van der Waals surface area contributed by atoms with Gasteiger partial charge < -0.3 is 23.4 Å². The van der Waals surface area contributed by atoms with Crippen LogP contribution in [-0.4, -0.2) is 64.2 Å². The van der Waals surface area contributed by atoms with Crippen LogP contribution >= 0.6 is 8.53 Å². The maximum Gasteiger partial charge on any atom is 0.330 e. The van der Waals surface area contributed by atoms with Crippen LogP contribution in [0.1, 0.15) is 47.3 Å². The van der Waals surface area contributed by atoms with Crippen molar-refractivity contribution in [2.24, 2.45) is 0 Å². The number of aromatic amines is 1. The lowest BCUT2D eigenvalue weighted by molar-refractivity contribution is -0.150. The summed E-state index contributed by atoms with van der Waals surface area (Å²) in [5.41, 5.74) is -1.97. The van der Waals surface area contributed by atoms with Gasteiger partial charge >= 0.3 is 11.7 Å². The molecule has 0 spiro atoms. The first-order valence-corrected chi connectivity index (χ1v) is 11.7. The molecule has 0 aromatic carbocycles. The highest BCUT2D eigenvalue weighted by Gasteiger charge is 2.40. The average molecular weight is 488 g/mol. The number of carbonyl (C=O) groups is 1. The number of halogens is 1. The molecule has 0 bridgehead atoms. The van der Waals surface area contributed by atoms with Crippen LogP contribution < -0.4 is 11.2 Å². The molecule has 1 saturated heterocycles. The van der Waals surface area contributed by atoms with E-state index in [4.69, 9.17) is 25.1 Å². The minimum atomic E-state index is -1.56. The largest absolute Gasteiger partial charge is 0.460 e. The van der Waals surface area contributed by atoms with E-state index in [2.05, 4.69) is 4.85 Å². The molecule has 4 unspecified atom stereocenters. The molecule has 2 heterocycles. The predicted octanol–water partition coefficient (Wildman–Crippen LogP) is 2.19. The minimum Gasteiger partial charge on any atom is -0.460 e. The van der Waals surface area contributed by atoms with E-state index in [0.717, 1.165) is 10.8 Å². The van der Waals surface area contributed by atoms with Crippen LogP contribution in [-0.2, 0) is 23.3 Å². The molecule has 1 aromatic rings. The summed E-state index contributed by atoms with van der Waals surface area (Å²) in [4.78, 5) is 40.3. The van der Waals surface area contributed by atoms with Gasteiger partial charge in [-0.25, -0.2) is 16.0 Å². The molecule has 1 aromatic heterocycles. The Hall–Kier alpha value is -2.16. The highest BCUT2D eigenvalue weighted by atomic mass is 31.2. The van der Waals surface area contributed by atoms with E-state index >= 15 is 0 Å². The molecule has 33 heavy (non-hydrogen) atoms. The lowest BCUT2D eigenvalue weighted by Gasteiger charge is -2.36. The molecule has 0 aliphatic carbocycles. The van der Waals surface area contributed by atoms with Gasteiger partial charge in [-0.15, -0.1) is 0 Å². The quantitative estimate of drug-likeness (QED) is 0.218. The topological polar surface area (TPSA) is 116 Å². The van der Waals surface area contributed by atoms with Crippen molar-refractivity contribution in [1.82, 2.24) is 14.2 Å². The number of hydrogen-bond donors (Lipinski definition) is 1. The van der Waals surface area contributed by atoms with Crippen molar-refractivity contribution in [3.05, 3.63) is 44.3 Å². The van der Waals surface area contributed by atoms with E-state index < -0.39 is 50.0 Å². The van der Waals surface area contributed by atoms with E-state index in [1.54, 1.807) is 0 Å². The molecule has 4 atom stereocenters. The van der Waals surface area contributed by atoms with Crippen LogP contribution in [0.5, 0.6) is 0 Å². The molecule has 0 radical (unpaired) electrons. The third-order valence-electron chi connectivity index (χ3n) is 4.73. The van der Waals surface area contributed by atoms with Gasteiger partial charge in [-0.05, 0) is 27.7 Å². The fourth-order valence-corrected chi connectivity index (χ4v) is 5.09. The van der Waals surface area contributed by atoms with Crippen LogP contribution in [0.2, 0.25) is 0 Å². The second kappa shape index (κ2) is 12.3. The predicted molar refractivity (Wildman–Crippen MR) is 118 cm³/mol. The Kier molecular flexibility index (Phi) is 10.1. The van der Waals surface area contributed by atoms with Crippen LogP contribution in [0.25, 0.3) is 4.85 Å². The summed E-state index contributed by atoms with van der Waals surface area (Å²) in [5, 5.41) is 0. The van der Waals surface area contributed by atoms with Crippen molar-refractivity contribution < 1.29 is 27.7 Å². The highest BCUT2D eigenvalue weighted by Crippen LogP contribution is 2.46. The number of ether oxygens (including phenoxy) is 2. The van der Waals surface area contributed by atoms with E-state index in [1.807, 2.05) is 37.3 Å². The standard InChI is InChI=1S/C20H30FN4O7P/c1-12(2)25(13(3)4)33(29-8-7-22-6)30-11-17-16(31-14(5)26)9-18(32-17)24-10-15(21)19(27)23-20(24)28/h10,12-13,16-18H,7-9,11H2,1-5H3,(H,23,27,28). The Balaban J connectivity index is 2.21. The number of esters is 1. The second-order valence-corrected chi connectivity index (χ2v) is 9.43. The van der Waals surface area contributed by atoms with Crippen molar-refractivity contribution >= 4 is 14.5 Å².